The van der Waals surface area contributed by atoms with Gasteiger partial charge in [0.1, 0.15) is 5.76 Å². The molecule has 0 saturated carbocycles. The van der Waals surface area contributed by atoms with Crippen LogP contribution in [-0.2, 0) is 16.0 Å². The summed E-state index contributed by atoms with van der Waals surface area (Å²) in [6.45, 7) is 5.20. The first-order chi connectivity index (χ1) is 15.0. The van der Waals surface area contributed by atoms with Crippen molar-refractivity contribution >= 4 is 23.3 Å². The molecule has 8 heteroatoms. The third-order valence-corrected chi connectivity index (χ3v) is 6.20. The highest BCUT2D eigenvalue weighted by Gasteiger charge is 2.26. The molecule has 31 heavy (non-hydrogen) atoms. The second kappa shape index (κ2) is 9.51. The topological polar surface area (TPSA) is 90.7 Å². The van der Waals surface area contributed by atoms with E-state index in [1.165, 1.54) is 23.2 Å². The standard InChI is InChI=1S/C23H31N5O3/c1-16-13-21(26-31-16)25-23(30)22(29)24-15-20(28-11-4-3-5-12-28)18-8-9-19-17(14-18)7-6-10-27(19)2/h8-9,13-14,20H,3-7,10-12,15H2,1-2H3,(H,24,29)(H,25,26,30)/t20-/m1/s1. The van der Waals surface area contributed by atoms with Crippen molar-refractivity contribution in [2.75, 3.05) is 43.4 Å². The van der Waals surface area contributed by atoms with E-state index in [2.05, 4.69) is 50.8 Å². The lowest BCUT2D eigenvalue weighted by atomic mass is 9.95. The average molecular weight is 426 g/mol. The predicted molar refractivity (Wildman–Crippen MR) is 119 cm³/mol. The van der Waals surface area contributed by atoms with Crippen LogP contribution in [0.5, 0.6) is 0 Å². The first kappa shape index (κ1) is 21.4. The number of piperidine rings is 1. The van der Waals surface area contributed by atoms with E-state index in [9.17, 15) is 9.59 Å². The van der Waals surface area contributed by atoms with Crippen molar-refractivity contribution in [2.45, 2.75) is 45.1 Å². The number of carbonyl (C=O) groups excluding carboxylic acids is 2. The van der Waals surface area contributed by atoms with E-state index in [1.807, 2.05) is 0 Å². The number of benzene rings is 1. The molecule has 1 atom stereocenters. The van der Waals surface area contributed by atoms with Crippen LogP contribution in [-0.4, -0.2) is 55.1 Å². The summed E-state index contributed by atoms with van der Waals surface area (Å²) in [5.41, 5.74) is 3.85. The molecule has 2 aliphatic heterocycles. The van der Waals surface area contributed by atoms with Crippen molar-refractivity contribution in [1.29, 1.82) is 0 Å². The van der Waals surface area contributed by atoms with Gasteiger partial charge in [0.2, 0.25) is 0 Å². The highest BCUT2D eigenvalue weighted by atomic mass is 16.5. The van der Waals surface area contributed by atoms with E-state index in [1.54, 1.807) is 13.0 Å². The monoisotopic (exact) mass is 425 g/mol. The molecule has 1 aromatic heterocycles. The van der Waals surface area contributed by atoms with Gasteiger partial charge in [0, 0.05) is 31.9 Å². The summed E-state index contributed by atoms with van der Waals surface area (Å²) in [7, 11) is 2.13. The van der Waals surface area contributed by atoms with Gasteiger partial charge in [-0.25, -0.2) is 0 Å². The number of aryl methyl sites for hydroxylation is 2. The molecule has 4 rings (SSSR count). The van der Waals surface area contributed by atoms with Crippen molar-refractivity contribution in [3.63, 3.8) is 0 Å². The lowest BCUT2D eigenvalue weighted by molar-refractivity contribution is -0.136. The van der Waals surface area contributed by atoms with E-state index in [0.29, 0.717) is 12.3 Å². The largest absolute Gasteiger partial charge is 0.374 e. The highest BCUT2D eigenvalue weighted by molar-refractivity contribution is 6.39. The number of likely N-dealkylation sites (tertiary alicyclic amines) is 1. The maximum atomic E-state index is 12.4. The molecule has 0 unspecified atom stereocenters. The van der Waals surface area contributed by atoms with E-state index >= 15 is 0 Å². The molecule has 2 N–H and O–H groups in total. The Bertz CT molecular complexity index is 935. The van der Waals surface area contributed by atoms with Crippen LogP contribution in [0, 0.1) is 6.92 Å². The van der Waals surface area contributed by atoms with Crippen LogP contribution in [0.25, 0.3) is 0 Å². The summed E-state index contributed by atoms with van der Waals surface area (Å²) in [5, 5.41) is 9.01. The highest BCUT2D eigenvalue weighted by Crippen LogP contribution is 2.31. The first-order valence-corrected chi connectivity index (χ1v) is 11.1. The molecular formula is C23H31N5O3. The summed E-state index contributed by atoms with van der Waals surface area (Å²) >= 11 is 0. The fourth-order valence-electron chi connectivity index (χ4n) is 4.57. The van der Waals surface area contributed by atoms with Gasteiger partial charge in [-0.3, -0.25) is 19.8 Å². The molecule has 0 bridgehead atoms. The smallest absolute Gasteiger partial charge is 0.314 e. The number of anilines is 2. The van der Waals surface area contributed by atoms with Crippen LogP contribution in [0.15, 0.2) is 28.8 Å². The van der Waals surface area contributed by atoms with Gasteiger partial charge in [0.15, 0.2) is 5.82 Å². The lowest BCUT2D eigenvalue weighted by Crippen LogP contribution is -2.43. The Morgan fingerprint density at radius 3 is 2.65 bits per heavy atom. The molecule has 0 radical (unpaired) electrons. The third-order valence-electron chi connectivity index (χ3n) is 6.20. The number of hydrogen-bond acceptors (Lipinski definition) is 6. The number of aromatic nitrogens is 1. The van der Waals surface area contributed by atoms with Gasteiger partial charge in [0.25, 0.3) is 0 Å². The van der Waals surface area contributed by atoms with E-state index in [4.69, 9.17) is 4.52 Å². The third kappa shape index (κ3) is 5.07. The Kier molecular flexibility index (Phi) is 6.56. The molecule has 2 aromatic rings. The molecule has 0 aliphatic carbocycles. The maximum absolute atomic E-state index is 12.4. The minimum Gasteiger partial charge on any atom is -0.374 e. The van der Waals surface area contributed by atoms with Crippen molar-refractivity contribution in [1.82, 2.24) is 15.4 Å². The number of nitrogens with one attached hydrogen (secondary N) is 2. The normalized spacial score (nSPS) is 17.7. The maximum Gasteiger partial charge on any atom is 0.314 e. The van der Waals surface area contributed by atoms with Crippen LogP contribution in [0.1, 0.15) is 48.6 Å². The Morgan fingerprint density at radius 2 is 1.90 bits per heavy atom. The summed E-state index contributed by atoms with van der Waals surface area (Å²) in [6.07, 6.45) is 5.78. The van der Waals surface area contributed by atoms with E-state index in [-0.39, 0.29) is 11.9 Å². The zero-order valence-corrected chi connectivity index (χ0v) is 18.3. The van der Waals surface area contributed by atoms with Crippen LogP contribution in [0.4, 0.5) is 11.5 Å². The summed E-state index contributed by atoms with van der Waals surface area (Å²) in [5.74, 6) is -0.596. The first-order valence-electron chi connectivity index (χ1n) is 11.1. The van der Waals surface area contributed by atoms with E-state index < -0.39 is 11.8 Å². The van der Waals surface area contributed by atoms with Gasteiger partial charge in [0.05, 0.1) is 6.04 Å². The fraction of sp³-hybridized carbons (Fsp3) is 0.522. The zero-order valence-electron chi connectivity index (χ0n) is 18.3. The molecule has 1 aromatic carbocycles. The minimum atomic E-state index is -0.738. The van der Waals surface area contributed by atoms with Crippen LogP contribution < -0.4 is 15.5 Å². The van der Waals surface area contributed by atoms with Crippen molar-refractivity contribution < 1.29 is 14.1 Å². The van der Waals surface area contributed by atoms with Crippen molar-refractivity contribution in [3.8, 4) is 0 Å². The van der Waals surface area contributed by atoms with Gasteiger partial charge < -0.3 is 14.7 Å². The number of carbonyl (C=O) groups is 2. The Morgan fingerprint density at radius 1 is 1.10 bits per heavy atom. The Balaban J connectivity index is 1.46. The van der Waals surface area contributed by atoms with Gasteiger partial charge in [-0.15, -0.1) is 0 Å². The summed E-state index contributed by atoms with van der Waals surface area (Å²) in [6, 6.07) is 8.27. The van der Waals surface area contributed by atoms with Gasteiger partial charge in [-0.2, -0.15) is 0 Å². The van der Waals surface area contributed by atoms with Crippen LogP contribution >= 0.6 is 0 Å². The minimum absolute atomic E-state index is 0.0453. The molecule has 3 heterocycles. The number of fused-ring (bicyclic) bond motifs is 1. The van der Waals surface area contributed by atoms with E-state index in [0.717, 1.165) is 45.3 Å². The molecule has 1 saturated heterocycles. The Hall–Kier alpha value is -2.87. The second-order valence-corrected chi connectivity index (χ2v) is 8.51. The second-order valence-electron chi connectivity index (χ2n) is 8.51. The van der Waals surface area contributed by atoms with Crippen molar-refractivity contribution in [2.24, 2.45) is 0 Å². The van der Waals surface area contributed by atoms with Crippen molar-refractivity contribution in [3.05, 3.63) is 41.2 Å². The molecule has 2 amide bonds. The number of amides is 2. The van der Waals surface area contributed by atoms with Crippen LogP contribution in [0.3, 0.4) is 0 Å². The predicted octanol–water partition coefficient (Wildman–Crippen LogP) is 2.65. The van der Waals surface area contributed by atoms with Gasteiger partial charge in [-0.1, -0.05) is 23.7 Å². The quantitative estimate of drug-likeness (QED) is 0.716. The number of hydrogen-bond donors (Lipinski definition) is 2. The number of nitrogens with zero attached hydrogens (tertiary/aromatic N) is 3. The molecular weight excluding hydrogens is 394 g/mol. The van der Waals surface area contributed by atoms with Gasteiger partial charge in [-0.05, 0) is 62.9 Å². The fourth-order valence-corrected chi connectivity index (χ4v) is 4.57. The molecule has 8 nitrogen and oxygen atoms in total. The molecule has 166 valence electrons. The number of rotatable bonds is 5. The van der Waals surface area contributed by atoms with Crippen LogP contribution in [0.2, 0.25) is 0 Å². The lowest BCUT2D eigenvalue weighted by Gasteiger charge is -2.36. The zero-order chi connectivity index (χ0) is 21.8. The average Bonchev–Trinajstić information content (AvgIpc) is 3.19. The molecule has 0 spiro atoms. The summed E-state index contributed by atoms with van der Waals surface area (Å²) < 4.78 is 4.93. The summed E-state index contributed by atoms with van der Waals surface area (Å²) in [4.78, 5) is 29.4. The van der Waals surface area contributed by atoms with Gasteiger partial charge >= 0.3 is 11.8 Å². The SMILES string of the molecule is Cc1cc(NC(=O)C(=O)NC[C@H](c2ccc3c(c2)CCCN3C)N2CCCCC2)no1. The Labute approximate surface area is 182 Å². The molecule has 1 fully saturated rings. The molecule has 2 aliphatic rings.